The average Bonchev–Trinajstić information content (AvgIpc) is 3.25. The number of H-pyrrole nitrogens is 1. The van der Waals surface area contributed by atoms with Gasteiger partial charge in [0.1, 0.15) is 5.82 Å². The van der Waals surface area contributed by atoms with Crippen LogP contribution in [-0.2, 0) is 5.75 Å². The normalized spacial score (nSPS) is 10.8. The second kappa shape index (κ2) is 10.3. The molecule has 168 valence electrons. The number of nitrogens with one attached hydrogen (secondary N) is 3. The third-order valence-corrected chi connectivity index (χ3v) is 6.05. The summed E-state index contributed by atoms with van der Waals surface area (Å²) in [6.07, 6.45) is 0. The second-order valence-electron chi connectivity index (χ2n) is 7.48. The molecule has 0 aliphatic heterocycles. The van der Waals surface area contributed by atoms with Crippen molar-refractivity contribution in [3.63, 3.8) is 0 Å². The van der Waals surface area contributed by atoms with Crippen LogP contribution in [0.25, 0.3) is 11.0 Å². The zero-order valence-electron chi connectivity index (χ0n) is 18.0. The van der Waals surface area contributed by atoms with Gasteiger partial charge in [-0.25, -0.2) is 9.37 Å². The number of imidazole rings is 1. The van der Waals surface area contributed by atoms with Crippen molar-refractivity contribution in [3.05, 3.63) is 94.8 Å². The van der Waals surface area contributed by atoms with Crippen molar-refractivity contribution in [2.45, 2.75) is 17.8 Å². The van der Waals surface area contributed by atoms with Gasteiger partial charge in [0.2, 0.25) is 0 Å². The number of benzene rings is 3. The van der Waals surface area contributed by atoms with Crippen molar-refractivity contribution < 1.29 is 14.0 Å². The Hall–Kier alpha value is -3.65. The fraction of sp³-hybridized carbons (Fsp3) is 0.160. The van der Waals surface area contributed by atoms with E-state index in [0.717, 1.165) is 21.8 Å². The van der Waals surface area contributed by atoms with Gasteiger partial charge in [0.25, 0.3) is 11.8 Å². The number of aromatic amines is 1. The number of halogens is 1. The number of carbonyl (C=O) groups excluding carboxylic acids is 2. The van der Waals surface area contributed by atoms with Crippen LogP contribution >= 0.6 is 11.8 Å². The number of aryl methyl sites for hydroxylation is 1. The third-order valence-electron chi connectivity index (χ3n) is 5.12. The van der Waals surface area contributed by atoms with Crippen LogP contribution in [-0.4, -0.2) is 34.9 Å². The fourth-order valence-electron chi connectivity index (χ4n) is 3.29. The molecule has 3 N–H and O–H groups in total. The van der Waals surface area contributed by atoms with Gasteiger partial charge in [-0.05, 0) is 48.4 Å². The highest BCUT2D eigenvalue weighted by Crippen LogP contribution is 2.24. The highest BCUT2D eigenvalue weighted by Gasteiger charge is 2.13. The van der Waals surface area contributed by atoms with Crippen LogP contribution in [0.4, 0.5) is 4.39 Å². The van der Waals surface area contributed by atoms with Gasteiger partial charge in [-0.2, -0.15) is 0 Å². The molecule has 0 spiro atoms. The van der Waals surface area contributed by atoms with Gasteiger partial charge in [0.05, 0.1) is 11.0 Å². The van der Waals surface area contributed by atoms with E-state index in [1.54, 1.807) is 25.1 Å². The fourth-order valence-corrected chi connectivity index (χ4v) is 4.18. The minimum Gasteiger partial charge on any atom is -0.350 e. The highest BCUT2D eigenvalue weighted by molar-refractivity contribution is 7.98. The van der Waals surface area contributed by atoms with E-state index in [2.05, 4.69) is 20.6 Å². The maximum absolute atomic E-state index is 13.6. The van der Waals surface area contributed by atoms with E-state index in [-0.39, 0.29) is 30.5 Å². The molecule has 0 radical (unpaired) electrons. The zero-order valence-corrected chi connectivity index (χ0v) is 18.8. The van der Waals surface area contributed by atoms with E-state index in [0.29, 0.717) is 16.9 Å². The van der Waals surface area contributed by atoms with E-state index >= 15 is 0 Å². The summed E-state index contributed by atoms with van der Waals surface area (Å²) in [5, 5.41) is 6.31. The molecule has 0 aliphatic carbocycles. The number of carbonyl (C=O) groups is 2. The summed E-state index contributed by atoms with van der Waals surface area (Å²) in [6.45, 7) is 2.12. The first kappa shape index (κ1) is 22.5. The van der Waals surface area contributed by atoms with Crippen LogP contribution in [0.5, 0.6) is 0 Å². The first-order valence-corrected chi connectivity index (χ1v) is 11.5. The lowest BCUT2D eigenvalue weighted by molar-refractivity contribution is 0.0927. The number of thioether (sulfide) groups is 1. The van der Waals surface area contributed by atoms with E-state index in [9.17, 15) is 14.0 Å². The molecule has 1 aromatic heterocycles. The van der Waals surface area contributed by atoms with Gasteiger partial charge >= 0.3 is 0 Å². The van der Waals surface area contributed by atoms with Crippen LogP contribution in [0, 0.1) is 12.7 Å². The summed E-state index contributed by atoms with van der Waals surface area (Å²) in [5.41, 5.74) is 4.07. The van der Waals surface area contributed by atoms with Gasteiger partial charge in [0, 0.05) is 30.0 Å². The first-order chi connectivity index (χ1) is 16.0. The monoisotopic (exact) mass is 462 g/mol. The number of amides is 2. The predicted molar refractivity (Wildman–Crippen MR) is 128 cm³/mol. The van der Waals surface area contributed by atoms with Crippen molar-refractivity contribution >= 4 is 34.6 Å². The summed E-state index contributed by atoms with van der Waals surface area (Å²) < 4.78 is 13.6. The van der Waals surface area contributed by atoms with Crippen molar-refractivity contribution in [2.75, 3.05) is 13.1 Å². The van der Waals surface area contributed by atoms with Crippen molar-refractivity contribution in [3.8, 4) is 0 Å². The SMILES string of the molecule is Cc1ccc(C(=O)NCCNC(=O)c2ccccc2CSc2nc3ccccc3[nH]2)cc1F. The first-order valence-electron chi connectivity index (χ1n) is 10.5. The van der Waals surface area contributed by atoms with Crippen molar-refractivity contribution in [1.82, 2.24) is 20.6 Å². The predicted octanol–water partition coefficient (Wildman–Crippen LogP) is 4.46. The summed E-state index contributed by atoms with van der Waals surface area (Å²) in [7, 11) is 0. The zero-order chi connectivity index (χ0) is 23.2. The standard InChI is InChI=1S/C25H23FN4O2S/c1-16-10-11-17(14-20(16)26)23(31)27-12-13-28-24(32)19-7-3-2-6-18(19)15-33-25-29-21-8-4-5-9-22(21)30-25/h2-11,14H,12-13,15H2,1H3,(H,27,31)(H,28,32)(H,29,30). The lowest BCUT2D eigenvalue weighted by Gasteiger charge is -2.10. The lowest BCUT2D eigenvalue weighted by Crippen LogP contribution is -2.35. The molecule has 0 atom stereocenters. The minimum atomic E-state index is -0.423. The van der Waals surface area contributed by atoms with Crippen LogP contribution in [0.15, 0.2) is 71.9 Å². The van der Waals surface area contributed by atoms with Gasteiger partial charge in [-0.3, -0.25) is 9.59 Å². The summed E-state index contributed by atoms with van der Waals surface area (Å²) in [4.78, 5) is 32.7. The van der Waals surface area contributed by atoms with Gasteiger partial charge in [-0.15, -0.1) is 0 Å². The van der Waals surface area contributed by atoms with Gasteiger partial charge in [0.15, 0.2) is 5.16 Å². The molecule has 1 heterocycles. The average molecular weight is 463 g/mol. The van der Waals surface area contributed by atoms with E-state index in [1.165, 1.54) is 17.8 Å². The van der Waals surface area contributed by atoms with Crippen molar-refractivity contribution in [2.24, 2.45) is 0 Å². The Morgan fingerprint density at radius 2 is 1.70 bits per heavy atom. The Bertz CT molecular complexity index is 1270. The second-order valence-corrected chi connectivity index (χ2v) is 8.44. The Morgan fingerprint density at radius 1 is 0.970 bits per heavy atom. The molecule has 0 unspecified atom stereocenters. The van der Waals surface area contributed by atoms with Crippen LogP contribution < -0.4 is 10.6 Å². The topological polar surface area (TPSA) is 86.9 Å². The number of hydrogen-bond acceptors (Lipinski definition) is 4. The largest absolute Gasteiger partial charge is 0.350 e. The molecule has 3 aromatic carbocycles. The van der Waals surface area contributed by atoms with Gasteiger partial charge in [-0.1, -0.05) is 48.2 Å². The van der Waals surface area contributed by atoms with Crippen molar-refractivity contribution in [1.29, 1.82) is 0 Å². The number of fused-ring (bicyclic) bond motifs is 1. The molecule has 2 amide bonds. The molecule has 8 heteroatoms. The molecular formula is C25H23FN4O2S. The molecule has 0 aliphatic rings. The molecule has 0 bridgehead atoms. The Balaban J connectivity index is 1.30. The molecule has 0 fully saturated rings. The molecular weight excluding hydrogens is 439 g/mol. The summed E-state index contributed by atoms with van der Waals surface area (Å²) >= 11 is 1.53. The van der Waals surface area contributed by atoms with Gasteiger partial charge < -0.3 is 15.6 Å². The Morgan fingerprint density at radius 3 is 2.48 bits per heavy atom. The quantitative estimate of drug-likeness (QED) is 0.267. The number of aromatic nitrogens is 2. The maximum Gasteiger partial charge on any atom is 0.251 e. The number of rotatable bonds is 8. The molecule has 33 heavy (non-hydrogen) atoms. The minimum absolute atomic E-state index is 0.216. The number of hydrogen-bond donors (Lipinski definition) is 3. The Labute approximate surface area is 195 Å². The number of nitrogens with zero attached hydrogens (tertiary/aromatic N) is 1. The van der Waals surface area contributed by atoms with E-state index in [4.69, 9.17) is 0 Å². The highest BCUT2D eigenvalue weighted by atomic mass is 32.2. The third kappa shape index (κ3) is 5.59. The van der Waals surface area contributed by atoms with E-state index < -0.39 is 5.82 Å². The Kier molecular flexibility index (Phi) is 7.04. The smallest absolute Gasteiger partial charge is 0.251 e. The lowest BCUT2D eigenvalue weighted by atomic mass is 10.1. The molecule has 6 nitrogen and oxygen atoms in total. The summed E-state index contributed by atoms with van der Waals surface area (Å²) in [5.74, 6) is -0.440. The maximum atomic E-state index is 13.6. The molecule has 0 saturated heterocycles. The summed E-state index contributed by atoms with van der Waals surface area (Å²) in [6, 6.07) is 19.6. The van der Waals surface area contributed by atoms with E-state index in [1.807, 2.05) is 42.5 Å². The van der Waals surface area contributed by atoms with Crippen LogP contribution in [0.2, 0.25) is 0 Å². The van der Waals surface area contributed by atoms with Crippen LogP contribution in [0.3, 0.4) is 0 Å². The molecule has 4 rings (SSSR count). The molecule has 4 aromatic rings. The molecule has 0 saturated carbocycles. The van der Waals surface area contributed by atoms with Crippen LogP contribution in [0.1, 0.15) is 31.8 Å². The number of para-hydroxylation sites is 2.